The largest absolute Gasteiger partial charge is 0.493 e. The van der Waals surface area contributed by atoms with E-state index in [-0.39, 0.29) is 27.8 Å². The van der Waals surface area contributed by atoms with Crippen LogP contribution in [-0.2, 0) is 21.5 Å². The number of methoxy groups -OCH3 is 1. The Kier molecular flexibility index (Phi) is 7.20. The van der Waals surface area contributed by atoms with Gasteiger partial charge in [0.25, 0.3) is 11.1 Å². The predicted octanol–water partition coefficient (Wildman–Crippen LogP) is 5.66. The van der Waals surface area contributed by atoms with E-state index in [0.717, 1.165) is 27.8 Å². The number of carbonyl (C=O) groups is 2. The first-order valence-corrected chi connectivity index (χ1v) is 13.0. The molecule has 35 heavy (non-hydrogen) atoms. The zero-order valence-electron chi connectivity index (χ0n) is 18.7. The highest BCUT2D eigenvalue weighted by molar-refractivity contribution is 8.18. The third-order valence-corrected chi connectivity index (χ3v) is 7.49. The van der Waals surface area contributed by atoms with Crippen molar-refractivity contribution in [2.75, 3.05) is 7.11 Å². The molecular formula is C25H20ClNO6S2. The van der Waals surface area contributed by atoms with E-state index in [1.54, 1.807) is 48.5 Å². The van der Waals surface area contributed by atoms with E-state index in [9.17, 15) is 18.0 Å². The van der Waals surface area contributed by atoms with Gasteiger partial charge in [-0.25, -0.2) is 0 Å². The molecule has 180 valence electrons. The number of thioether (sulfide) groups is 1. The van der Waals surface area contributed by atoms with Crippen LogP contribution < -0.4 is 8.92 Å². The van der Waals surface area contributed by atoms with E-state index in [1.807, 2.05) is 6.92 Å². The topological polar surface area (TPSA) is 90.0 Å². The maximum absolute atomic E-state index is 12.8. The van der Waals surface area contributed by atoms with Crippen LogP contribution in [0.3, 0.4) is 0 Å². The first-order chi connectivity index (χ1) is 16.7. The van der Waals surface area contributed by atoms with Crippen LogP contribution in [0, 0.1) is 6.92 Å². The monoisotopic (exact) mass is 529 g/mol. The van der Waals surface area contributed by atoms with Crippen LogP contribution in [0.25, 0.3) is 6.08 Å². The Balaban J connectivity index is 1.55. The van der Waals surface area contributed by atoms with Crippen molar-refractivity contribution in [3.63, 3.8) is 0 Å². The van der Waals surface area contributed by atoms with Gasteiger partial charge in [0.05, 0.1) is 18.6 Å². The molecule has 0 saturated carbocycles. The fourth-order valence-electron chi connectivity index (χ4n) is 3.32. The van der Waals surface area contributed by atoms with E-state index >= 15 is 0 Å². The number of hydrogen-bond donors (Lipinski definition) is 0. The van der Waals surface area contributed by atoms with Gasteiger partial charge in [0.1, 0.15) is 4.90 Å². The number of benzene rings is 3. The fourth-order valence-corrected chi connectivity index (χ4v) is 5.31. The van der Waals surface area contributed by atoms with Crippen molar-refractivity contribution in [2.45, 2.75) is 18.4 Å². The summed E-state index contributed by atoms with van der Waals surface area (Å²) in [5.74, 6) is -0.270. The van der Waals surface area contributed by atoms with Crippen molar-refractivity contribution in [3.05, 3.63) is 93.3 Å². The summed E-state index contributed by atoms with van der Waals surface area (Å²) >= 11 is 6.82. The Hall–Kier alpha value is -3.27. The lowest BCUT2D eigenvalue weighted by molar-refractivity contribution is -0.123. The number of aryl methyl sites for hydroxylation is 1. The lowest BCUT2D eigenvalue weighted by atomic mass is 10.1. The van der Waals surface area contributed by atoms with Crippen molar-refractivity contribution in [3.8, 4) is 11.5 Å². The van der Waals surface area contributed by atoms with Gasteiger partial charge in [0.15, 0.2) is 11.5 Å². The molecule has 10 heteroatoms. The number of amides is 2. The Morgan fingerprint density at radius 2 is 1.74 bits per heavy atom. The highest BCUT2D eigenvalue weighted by atomic mass is 35.5. The van der Waals surface area contributed by atoms with Gasteiger partial charge in [-0.05, 0) is 72.3 Å². The summed E-state index contributed by atoms with van der Waals surface area (Å²) in [4.78, 5) is 26.7. The molecule has 1 aliphatic rings. The molecular weight excluding hydrogens is 510 g/mol. The number of imide groups is 1. The maximum Gasteiger partial charge on any atom is 0.339 e. The van der Waals surface area contributed by atoms with Gasteiger partial charge in [-0.1, -0.05) is 47.5 Å². The SMILES string of the molecule is COc1cc(/C=C2\SC(=O)N(Cc3cccc(Cl)c3)C2=O)ccc1OS(=O)(=O)c1ccc(C)cc1. The van der Waals surface area contributed by atoms with E-state index in [2.05, 4.69) is 0 Å². The first-order valence-electron chi connectivity index (χ1n) is 10.4. The number of rotatable bonds is 7. The van der Waals surface area contributed by atoms with Gasteiger partial charge in [-0.3, -0.25) is 14.5 Å². The molecule has 1 saturated heterocycles. The third kappa shape index (κ3) is 5.70. The Bertz CT molecular complexity index is 1430. The molecule has 0 N–H and O–H groups in total. The Labute approximate surface area is 212 Å². The molecule has 0 radical (unpaired) electrons. The van der Waals surface area contributed by atoms with Crippen molar-refractivity contribution in [1.82, 2.24) is 4.90 Å². The van der Waals surface area contributed by atoms with Crippen molar-refractivity contribution < 1.29 is 26.9 Å². The molecule has 3 aromatic carbocycles. The van der Waals surface area contributed by atoms with E-state index in [4.69, 9.17) is 20.5 Å². The summed E-state index contributed by atoms with van der Waals surface area (Å²) in [7, 11) is -2.69. The fraction of sp³-hybridized carbons (Fsp3) is 0.120. The van der Waals surface area contributed by atoms with Gasteiger partial charge in [0.2, 0.25) is 0 Å². The van der Waals surface area contributed by atoms with Crippen LogP contribution in [0.2, 0.25) is 5.02 Å². The lowest BCUT2D eigenvalue weighted by Crippen LogP contribution is -2.27. The molecule has 1 aliphatic heterocycles. The zero-order chi connectivity index (χ0) is 25.2. The summed E-state index contributed by atoms with van der Waals surface area (Å²) < 4.78 is 35.9. The van der Waals surface area contributed by atoms with E-state index in [0.29, 0.717) is 10.6 Å². The highest BCUT2D eigenvalue weighted by Crippen LogP contribution is 2.36. The molecule has 0 bridgehead atoms. The average Bonchev–Trinajstić information content (AvgIpc) is 3.07. The van der Waals surface area contributed by atoms with Crippen molar-refractivity contribution in [1.29, 1.82) is 0 Å². The minimum Gasteiger partial charge on any atom is -0.493 e. The molecule has 0 aliphatic carbocycles. The lowest BCUT2D eigenvalue weighted by Gasteiger charge is -2.13. The Morgan fingerprint density at radius 3 is 2.43 bits per heavy atom. The van der Waals surface area contributed by atoms with Crippen molar-refractivity contribution >= 4 is 50.7 Å². The van der Waals surface area contributed by atoms with Crippen LogP contribution in [0.4, 0.5) is 4.79 Å². The molecule has 3 aromatic rings. The molecule has 4 rings (SSSR count). The second kappa shape index (κ2) is 10.2. The second-order valence-corrected chi connectivity index (χ2v) is 10.6. The third-order valence-electron chi connectivity index (χ3n) is 5.10. The van der Waals surface area contributed by atoms with Crippen LogP contribution in [0.15, 0.2) is 76.5 Å². The number of hydrogen-bond acceptors (Lipinski definition) is 7. The van der Waals surface area contributed by atoms with Gasteiger partial charge < -0.3 is 8.92 Å². The number of halogens is 1. The van der Waals surface area contributed by atoms with Crippen LogP contribution in [0.1, 0.15) is 16.7 Å². The van der Waals surface area contributed by atoms with Gasteiger partial charge in [-0.15, -0.1) is 0 Å². The summed E-state index contributed by atoms with van der Waals surface area (Å²) in [6.07, 6.45) is 1.55. The standard InChI is InChI=1S/C25H20ClNO6S2/c1-16-6-9-20(10-7-16)35(30,31)33-21-11-8-17(13-22(21)32-2)14-23-24(28)27(25(29)34-23)15-18-4-3-5-19(26)12-18/h3-14H,15H2,1-2H3/b23-14-. The zero-order valence-corrected chi connectivity index (χ0v) is 21.1. The molecule has 0 aromatic heterocycles. The van der Waals surface area contributed by atoms with Crippen LogP contribution in [0.5, 0.6) is 11.5 Å². The summed E-state index contributed by atoms with van der Waals surface area (Å²) in [5.41, 5.74) is 2.19. The summed E-state index contributed by atoms with van der Waals surface area (Å²) in [5, 5.41) is 0.126. The predicted molar refractivity (Wildman–Crippen MR) is 135 cm³/mol. The quantitative estimate of drug-likeness (QED) is 0.288. The smallest absolute Gasteiger partial charge is 0.339 e. The molecule has 1 fully saturated rings. The molecule has 7 nitrogen and oxygen atoms in total. The van der Waals surface area contributed by atoms with Gasteiger partial charge in [-0.2, -0.15) is 8.42 Å². The van der Waals surface area contributed by atoms with E-state index in [1.165, 1.54) is 31.4 Å². The minimum absolute atomic E-state index is 0.000661. The highest BCUT2D eigenvalue weighted by Gasteiger charge is 2.35. The molecule has 1 heterocycles. The normalized spacial score (nSPS) is 15.1. The minimum atomic E-state index is -4.07. The van der Waals surface area contributed by atoms with Crippen LogP contribution >= 0.6 is 23.4 Å². The number of ether oxygens (including phenoxy) is 1. The Morgan fingerprint density at radius 1 is 1.00 bits per heavy atom. The van der Waals surface area contributed by atoms with E-state index < -0.39 is 21.3 Å². The molecule has 0 unspecified atom stereocenters. The first kappa shape index (κ1) is 24.8. The summed E-state index contributed by atoms with van der Waals surface area (Å²) in [6.45, 7) is 1.96. The van der Waals surface area contributed by atoms with Gasteiger partial charge in [0, 0.05) is 5.02 Å². The summed E-state index contributed by atoms with van der Waals surface area (Å²) in [6, 6.07) is 17.8. The van der Waals surface area contributed by atoms with Crippen LogP contribution in [-0.4, -0.2) is 31.6 Å². The number of nitrogens with zero attached hydrogens (tertiary/aromatic N) is 1. The average molecular weight is 530 g/mol. The van der Waals surface area contributed by atoms with Crippen molar-refractivity contribution in [2.24, 2.45) is 0 Å². The second-order valence-electron chi connectivity index (χ2n) is 7.66. The number of carbonyl (C=O) groups excluding carboxylic acids is 2. The molecule has 0 atom stereocenters. The van der Waals surface area contributed by atoms with Gasteiger partial charge >= 0.3 is 10.1 Å². The molecule has 0 spiro atoms. The molecule has 2 amide bonds. The maximum atomic E-state index is 12.8.